The summed E-state index contributed by atoms with van der Waals surface area (Å²) >= 11 is 0. The molecule has 1 aliphatic heterocycles. The van der Waals surface area contributed by atoms with E-state index in [2.05, 4.69) is 22.1 Å². The fourth-order valence-corrected chi connectivity index (χ4v) is 3.41. The van der Waals surface area contributed by atoms with Crippen molar-refractivity contribution in [3.8, 4) is 17.6 Å². The Kier molecular flexibility index (Phi) is 8.91. The van der Waals surface area contributed by atoms with Crippen molar-refractivity contribution < 1.29 is 23.2 Å². The number of benzene rings is 1. The molecule has 2 heterocycles. The number of amides is 1. The molecule has 0 aliphatic carbocycles. The van der Waals surface area contributed by atoms with Crippen LogP contribution in [0, 0.1) is 17.7 Å². The minimum atomic E-state index is -1.11. The molecular formula is C23H28FN3O5S. The van der Waals surface area contributed by atoms with Gasteiger partial charge in [0, 0.05) is 29.2 Å². The standard InChI is InChI=1S/C21H22FN3O5S.C2H6/c1-21(2)20-24-16(17(26)19(28)25(20)8-9-30-21)18(27)23-12-14-6-7-15(22)11-13(14)5-4-10-31(3)29;1-2/h6-7,11,26H,8-10,12H2,1-3H3,(H,23,27);1-2H3. The van der Waals surface area contributed by atoms with Gasteiger partial charge in [-0.15, -0.1) is 0 Å². The maximum absolute atomic E-state index is 13.6. The highest BCUT2D eigenvalue weighted by Crippen LogP contribution is 2.27. The Balaban J connectivity index is 0.00000187. The molecule has 1 aromatic carbocycles. The number of carbonyl (C=O) groups is 1. The lowest BCUT2D eigenvalue weighted by molar-refractivity contribution is -0.0566. The first-order valence-electron chi connectivity index (χ1n) is 10.4. The third-order valence-corrected chi connectivity index (χ3v) is 5.24. The number of rotatable bonds is 4. The van der Waals surface area contributed by atoms with E-state index >= 15 is 0 Å². The zero-order valence-corrected chi connectivity index (χ0v) is 20.1. The predicted octanol–water partition coefficient (Wildman–Crippen LogP) is 2.04. The molecule has 1 aromatic heterocycles. The molecule has 0 saturated carbocycles. The number of nitrogens with zero attached hydrogens (tertiary/aromatic N) is 2. The van der Waals surface area contributed by atoms with Crippen LogP contribution in [0.4, 0.5) is 4.39 Å². The van der Waals surface area contributed by atoms with E-state index in [0.29, 0.717) is 11.1 Å². The lowest BCUT2D eigenvalue weighted by atomic mass is 10.1. The van der Waals surface area contributed by atoms with E-state index in [0.717, 1.165) is 0 Å². The predicted molar refractivity (Wildman–Crippen MR) is 124 cm³/mol. The molecule has 1 atom stereocenters. The minimum absolute atomic E-state index is 0.0439. The van der Waals surface area contributed by atoms with E-state index in [-0.39, 0.29) is 31.3 Å². The van der Waals surface area contributed by atoms with Crippen LogP contribution in [0.5, 0.6) is 5.75 Å². The molecule has 10 heteroatoms. The third kappa shape index (κ3) is 6.27. The van der Waals surface area contributed by atoms with Crippen molar-refractivity contribution in [2.24, 2.45) is 0 Å². The van der Waals surface area contributed by atoms with E-state index in [4.69, 9.17) is 4.74 Å². The maximum Gasteiger partial charge on any atom is 0.296 e. The largest absolute Gasteiger partial charge is 0.501 e. The Hall–Kier alpha value is -3.03. The SMILES string of the molecule is CC.CS(=O)CC#Cc1cc(F)ccc1CNC(=O)c1nc2n(c(=O)c1O)CCOC2(C)C. The van der Waals surface area contributed by atoms with E-state index in [9.17, 15) is 23.3 Å². The molecule has 0 spiro atoms. The van der Waals surface area contributed by atoms with Crippen molar-refractivity contribution in [2.45, 2.75) is 46.4 Å². The quantitative estimate of drug-likeness (QED) is 0.652. The first kappa shape index (κ1) is 26.2. The Bertz CT molecular complexity index is 1180. The molecule has 2 N–H and O–H groups in total. The Morgan fingerprint density at radius 1 is 1.39 bits per heavy atom. The molecule has 2 aromatic rings. The van der Waals surface area contributed by atoms with Gasteiger partial charge in [-0.1, -0.05) is 31.8 Å². The van der Waals surface area contributed by atoms with Gasteiger partial charge in [-0.2, -0.15) is 0 Å². The molecular weight excluding hydrogens is 449 g/mol. The van der Waals surface area contributed by atoms with Crippen LogP contribution < -0.4 is 10.9 Å². The first-order valence-corrected chi connectivity index (χ1v) is 12.2. The van der Waals surface area contributed by atoms with Crippen LogP contribution in [0.25, 0.3) is 0 Å². The van der Waals surface area contributed by atoms with Crippen molar-refractivity contribution in [3.63, 3.8) is 0 Å². The average Bonchev–Trinajstić information content (AvgIpc) is 2.76. The molecule has 178 valence electrons. The lowest BCUT2D eigenvalue weighted by Crippen LogP contribution is -2.42. The molecule has 0 radical (unpaired) electrons. The molecule has 0 bridgehead atoms. The van der Waals surface area contributed by atoms with Gasteiger partial charge in [0.15, 0.2) is 5.69 Å². The van der Waals surface area contributed by atoms with Gasteiger partial charge in [-0.25, -0.2) is 9.37 Å². The maximum atomic E-state index is 13.6. The van der Waals surface area contributed by atoms with Crippen molar-refractivity contribution in [3.05, 3.63) is 57.0 Å². The van der Waals surface area contributed by atoms with E-state index in [1.165, 1.54) is 29.0 Å². The second kappa shape index (κ2) is 11.2. The fraction of sp³-hybridized carbons (Fsp3) is 0.435. The van der Waals surface area contributed by atoms with Gasteiger partial charge >= 0.3 is 0 Å². The highest BCUT2D eigenvalue weighted by atomic mass is 32.2. The summed E-state index contributed by atoms with van der Waals surface area (Å²) in [6.07, 6.45) is 1.51. The second-order valence-electron chi connectivity index (χ2n) is 7.45. The molecule has 3 rings (SSSR count). The zero-order valence-electron chi connectivity index (χ0n) is 19.3. The summed E-state index contributed by atoms with van der Waals surface area (Å²) in [4.78, 5) is 29.4. The van der Waals surface area contributed by atoms with Gasteiger partial charge in [-0.05, 0) is 31.5 Å². The van der Waals surface area contributed by atoms with Gasteiger partial charge < -0.3 is 15.2 Å². The van der Waals surface area contributed by atoms with Crippen LogP contribution in [0.1, 0.15) is 55.1 Å². The number of aromatic nitrogens is 2. The normalized spacial score (nSPS) is 14.6. The summed E-state index contributed by atoms with van der Waals surface area (Å²) in [5.41, 5.74) is -1.18. The highest BCUT2D eigenvalue weighted by Gasteiger charge is 2.34. The molecule has 1 unspecified atom stereocenters. The van der Waals surface area contributed by atoms with Gasteiger partial charge in [0.05, 0.1) is 18.9 Å². The summed E-state index contributed by atoms with van der Waals surface area (Å²) in [5.74, 6) is 3.83. The van der Waals surface area contributed by atoms with E-state index in [1.54, 1.807) is 13.8 Å². The summed E-state index contributed by atoms with van der Waals surface area (Å²) in [5, 5.41) is 12.8. The number of aromatic hydroxyl groups is 1. The van der Waals surface area contributed by atoms with Gasteiger partial charge in [0.2, 0.25) is 5.75 Å². The molecule has 1 aliphatic rings. The number of fused-ring (bicyclic) bond motifs is 1. The number of carbonyl (C=O) groups excluding carboxylic acids is 1. The van der Waals surface area contributed by atoms with Crippen LogP contribution >= 0.6 is 0 Å². The minimum Gasteiger partial charge on any atom is -0.501 e. The highest BCUT2D eigenvalue weighted by molar-refractivity contribution is 7.84. The number of halogens is 1. The number of nitrogens with one attached hydrogen (secondary N) is 1. The topological polar surface area (TPSA) is 111 Å². The Labute approximate surface area is 194 Å². The molecule has 1 amide bonds. The van der Waals surface area contributed by atoms with Crippen LogP contribution in [-0.2, 0) is 34.2 Å². The first-order chi connectivity index (χ1) is 15.6. The molecule has 8 nitrogen and oxygen atoms in total. The Morgan fingerprint density at radius 3 is 2.76 bits per heavy atom. The average molecular weight is 478 g/mol. The van der Waals surface area contributed by atoms with Crippen LogP contribution in [0.15, 0.2) is 23.0 Å². The smallest absolute Gasteiger partial charge is 0.296 e. The van der Waals surface area contributed by atoms with Gasteiger partial charge in [-0.3, -0.25) is 18.4 Å². The number of ether oxygens (including phenoxy) is 1. The summed E-state index contributed by atoms with van der Waals surface area (Å²) in [6.45, 7) is 7.90. The van der Waals surface area contributed by atoms with Crippen LogP contribution in [0.3, 0.4) is 0 Å². The van der Waals surface area contributed by atoms with Gasteiger partial charge in [0.25, 0.3) is 11.5 Å². The van der Waals surface area contributed by atoms with Crippen molar-refractivity contribution >= 4 is 16.7 Å². The summed E-state index contributed by atoms with van der Waals surface area (Å²) < 4.78 is 31.7. The van der Waals surface area contributed by atoms with Gasteiger partial charge in [0.1, 0.15) is 17.2 Å². The molecule has 0 fully saturated rings. The van der Waals surface area contributed by atoms with Crippen molar-refractivity contribution in [1.82, 2.24) is 14.9 Å². The zero-order chi connectivity index (χ0) is 24.8. The van der Waals surface area contributed by atoms with E-state index < -0.39 is 45.1 Å². The summed E-state index contributed by atoms with van der Waals surface area (Å²) in [7, 11) is -1.11. The third-order valence-electron chi connectivity index (χ3n) is 4.69. The van der Waals surface area contributed by atoms with Crippen LogP contribution in [-0.4, -0.2) is 43.4 Å². The fourth-order valence-electron chi connectivity index (χ4n) is 3.14. The number of hydrogen-bond acceptors (Lipinski definition) is 6. The molecule has 33 heavy (non-hydrogen) atoms. The lowest BCUT2D eigenvalue weighted by Gasteiger charge is -2.32. The van der Waals surface area contributed by atoms with Crippen molar-refractivity contribution in [2.75, 3.05) is 18.6 Å². The monoisotopic (exact) mass is 477 g/mol. The van der Waals surface area contributed by atoms with E-state index in [1.807, 2.05) is 13.8 Å². The number of hydrogen-bond donors (Lipinski definition) is 2. The van der Waals surface area contributed by atoms with Crippen molar-refractivity contribution in [1.29, 1.82) is 0 Å². The second-order valence-corrected chi connectivity index (χ2v) is 8.89. The summed E-state index contributed by atoms with van der Waals surface area (Å²) in [6, 6.07) is 3.91. The Morgan fingerprint density at radius 2 is 2.09 bits per heavy atom. The van der Waals surface area contributed by atoms with Crippen LogP contribution in [0.2, 0.25) is 0 Å². The molecule has 0 saturated heterocycles.